The second kappa shape index (κ2) is 18.0. The van der Waals surface area contributed by atoms with Gasteiger partial charge in [-0.25, -0.2) is 4.79 Å². The number of carbonyl (C=O) groups excluding carboxylic acids is 4. The molecule has 4 aromatic rings. The molecule has 48 heavy (non-hydrogen) atoms. The van der Waals surface area contributed by atoms with Gasteiger partial charge in [-0.3, -0.25) is 14.4 Å². The minimum Gasteiger partial charge on any atom is -0.496 e. The Hall–Kier alpha value is -5.44. The number of rotatable bonds is 17. The number of esters is 1. The van der Waals surface area contributed by atoms with Crippen molar-refractivity contribution in [3.63, 3.8) is 0 Å². The Bertz CT molecular complexity index is 1670. The maximum atomic E-state index is 13.0. The number of para-hydroxylation sites is 1. The average molecular weight is 651 g/mol. The molecule has 0 unspecified atom stereocenters. The Morgan fingerprint density at radius 3 is 2.02 bits per heavy atom. The molecule has 0 saturated heterocycles. The van der Waals surface area contributed by atoms with Gasteiger partial charge in [-0.05, 0) is 98.1 Å². The summed E-state index contributed by atoms with van der Waals surface area (Å²) in [4.78, 5) is 50.8. The quantitative estimate of drug-likeness (QED) is 0.0692. The third-order valence-electron chi connectivity index (χ3n) is 7.73. The number of hydrogen-bond donors (Lipinski definition) is 2. The highest BCUT2D eigenvalue weighted by molar-refractivity contribution is 6.06. The number of anilines is 1. The van der Waals surface area contributed by atoms with E-state index >= 15 is 0 Å². The molecule has 0 fully saturated rings. The summed E-state index contributed by atoms with van der Waals surface area (Å²) in [6, 6.07) is 26.2. The third-order valence-corrected chi connectivity index (χ3v) is 7.73. The number of unbranched alkanes of at least 4 members (excludes halogenated alkanes) is 4. The number of benzene rings is 4. The van der Waals surface area contributed by atoms with E-state index in [2.05, 4.69) is 17.6 Å². The van der Waals surface area contributed by atoms with Crippen LogP contribution in [0.5, 0.6) is 17.2 Å². The average Bonchev–Trinajstić information content (AvgIpc) is 3.10. The van der Waals surface area contributed by atoms with E-state index in [9.17, 15) is 19.2 Å². The standard InChI is InChI=1S/C39H42N2O7/c1-4-5-6-7-10-25-47-32-23-17-30(18-24-32)39(45)48-33-21-13-28(14-22-33)26-35(27(2)42)41-37(43)29-15-19-31(20-16-29)40-38(44)34-11-8-9-12-36(34)46-3/h8-9,11-24,35H,4-7,10,25-26H2,1-3H3,(H,40,44)(H,41,43)/t35-/m0/s1. The van der Waals surface area contributed by atoms with E-state index in [0.717, 1.165) is 18.4 Å². The first-order valence-corrected chi connectivity index (χ1v) is 16.2. The van der Waals surface area contributed by atoms with Crippen LogP contribution < -0.4 is 24.8 Å². The van der Waals surface area contributed by atoms with Gasteiger partial charge in [0.2, 0.25) is 0 Å². The van der Waals surface area contributed by atoms with Crippen LogP contribution in [0.4, 0.5) is 5.69 Å². The van der Waals surface area contributed by atoms with Crippen molar-refractivity contribution in [1.82, 2.24) is 5.32 Å². The van der Waals surface area contributed by atoms with Crippen molar-refractivity contribution in [2.24, 2.45) is 0 Å². The molecule has 0 spiro atoms. The van der Waals surface area contributed by atoms with E-state index in [4.69, 9.17) is 14.2 Å². The lowest BCUT2D eigenvalue weighted by atomic mass is 10.0. The fourth-order valence-corrected chi connectivity index (χ4v) is 4.95. The fourth-order valence-electron chi connectivity index (χ4n) is 4.95. The first kappa shape index (κ1) is 35.4. The number of carbonyl (C=O) groups is 4. The Morgan fingerprint density at radius 1 is 0.708 bits per heavy atom. The van der Waals surface area contributed by atoms with Crippen molar-refractivity contribution in [1.29, 1.82) is 0 Å². The predicted octanol–water partition coefficient (Wildman–Crippen LogP) is 7.45. The smallest absolute Gasteiger partial charge is 0.343 e. The van der Waals surface area contributed by atoms with Gasteiger partial charge in [0.15, 0.2) is 5.78 Å². The van der Waals surface area contributed by atoms with Gasteiger partial charge < -0.3 is 24.8 Å². The number of methoxy groups -OCH3 is 1. The van der Waals surface area contributed by atoms with Crippen molar-refractivity contribution in [2.45, 2.75) is 58.4 Å². The minimum atomic E-state index is -0.770. The topological polar surface area (TPSA) is 120 Å². The summed E-state index contributed by atoms with van der Waals surface area (Å²) >= 11 is 0. The van der Waals surface area contributed by atoms with Gasteiger partial charge in [-0.2, -0.15) is 0 Å². The summed E-state index contributed by atoms with van der Waals surface area (Å²) in [5, 5.41) is 5.58. The normalized spacial score (nSPS) is 11.2. The zero-order chi connectivity index (χ0) is 34.3. The van der Waals surface area contributed by atoms with E-state index in [-0.39, 0.29) is 18.1 Å². The summed E-state index contributed by atoms with van der Waals surface area (Å²) in [7, 11) is 1.49. The molecule has 0 heterocycles. The monoisotopic (exact) mass is 650 g/mol. The van der Waals surface area contributed by atoms with Gasteiger partial charge in [0.05, 0.1) is 30.9 Å². The third kappa shape index (κ3) is 10.6. The second-order valence-corrected chi connectivity index (χ2v) is 11.4. The zero-order valence-electron chi connectivity index (χ0n) is 27.6. The summed E-state index contributed by atoms with van der Waals surface area (Å²) in [6.07, 6.45) is 6.06. The van der Waals surface area contributed by atoms with Crippen LogP contribution in [0, 0.1) is 0 Å². The lowest BCUT2D eigenvalue weighted by Crippen LogP contribution is -2.41. The van der Waals surface area contributed by atoms with Crippen LogP contribution in [0.15, 0.2) is 97.1 Å². The SMILES string of the molecule is CCCCCCCOc1ccc(C(=O)Oc2ccc(C[C@H](NC(=O)c3ccc(NC(=O)c4ccccc4OC)cc3)C(C)=O)cc2)cc1. The molecule has 0 bridgehead atoms. The molecule has 9 nitrogen and oxygen atoms in total. The highest BCUT2D eigenvalue weighted by atomic mass is 16.5. The van der Waals surface area contributed by atoms with Crippen LogP contribution in [-0.4, -0.2) is 43.3 Å². The molecule has 9 heteroatoms. The highest BCUT2D eigenvalue weighted by Crippen LogP contribution is 2.21. The molecule has 0 aliphatic carbocycles. The molecule has 0 saturated carbocycles. The molecule has 2 N–H and O–H groups in total. The van der Waals surface area contributed by atoms with Crippen LogP contribution in [0.1, 0.15) is 82.6 Å². The van der Waals surface area contributed by atoms with Crippen LogP contribution in [0.25, 0.3) is 0 Å². The molecular weight excluding hydrogens is 608 g/mol. The number of amides is 2. The fraction of sp³-hybridized carbons (Fsp3) is 0.282. The molecule has 4 aromatic carbocycles. The van der Waals surface area contributed by atoms with E-state index in [1.807, 2.05) is 0 Å². The van der Waals surface area contributed by atoms with Crippen molar-refractivity contribution in [3.8, 4) is 17.2 Å². The van der Waals surface area contributed by atoms with Gasteiger partial charge in [0.1, 0.15) is 17.2 Å². The van der Waals surface area contributed by atoms with E-state index in [1.165, 1.54) is 33.3 Å². The van der Waals surface area contributed by atoms with Crippen molar-refractivity contribution in [2.75, 3.05) is 19.0 Å². The molecular formula is C39H42N2O7. The van der Waals surface area contributed by atoms with Gasteiger partial charge >= 0.3 is 5.97 Å². The largest absolute Gasteiger partial charge is 0.496 e. The van der Waals surface area contributed by atoms with Crippen molar-refractivity contribution < 1.29 is 33.4 Å². The molecule has 250 valence electrons. The number of hydrogen-bond acceptors (Lipinski definition) is 7. The lowest BCUT2D eigenvalue weighted by Gasteiger charge is -2.17. The minimum absolute atomic E-state index is 0.205. The summed E-state index contributed by atoms with van der Waals surface area (Å²) < 4.78 is 16.5. The Kier molecular flexibility index (Phi) is 13.3. The van der Waals surface area contributed by atoms with Crippen LogP contribution in [0.3, 0.4) is 0 Å². The van der Waals surface area contributed by atoms with Gasteiger partial charge in [-0.15, -0.1) is 0 Å². The Labute approximate surface area is 281 Å². The zero-order valence-corrected chi connectivity index (χ0v) is 27.6. The van der Waals surface area contributed by atoms with E-state index < -0.39 is 17.9 Å². The first-order chi connectivity index (χ1) is 23.3. The Morgan fingerprint density at radius 2 is 1.35 bits per heavy atom. The number of ketones is 1. The second-order valence-electron chi connectivity index (χ2n) is 11.4. The highest BCUT2D eigenvalue weighted by Gasteiger charge is 2.19. The van der Waals surface area contributed by atoms with Crippen LogP contribution in [-0.2, 0) is 11.2 Å². The number of Topliss-reactive ketones (excluding diaryl/α,β-unsaturated/α-hetero) is 1. The summed E-state index contributed by atoms with van der Waals surface area (Å²) in [5.41, 5.74) is 2.40. The molecule has 0 radical (unpaired) electrons. The van der Waals surface area contributed by atoms with Gasteiger partial charge in [0.25, 0.3) is 11.8 Å². The molecule has 0 aromatic heterocycles. The maximum Gasteiger partial charge on any atom is 0.343 e. The van der Waals surface area contributed by atoms with Crippen molar-refractivity contribution >= 4 is 29.3 Å². The maximum absolute atomic E-state index is 13.0. The van der Waals surface area contributed by atoms with Crippen molar-refractivity contribution in [3.05, 3.63) is 119 Å². The first-order valence-electron chi connectivity index (χ1n) is 16.2. The molecule has 4 rings (SSSR count). The van der Waals surface area contributed by atoms with Gasteiger partial charge in [-0.1, -0.05) is 56.9 Å². The number of ether oxygens (including phenoxy) is 3. The molecule has 0 aliphatic heterocycles. The molecule has 0 aliphatic rings. The van der Waals surface area contributed by atoms with Crippen LogP contribution >= 0.6 is 0 Å². The lowest BCUT2D eigenvalue weighted by molar-refractivity contribution is -0.118. The van der Waals surface area contributed by atoms with Crippen LogP contribution in [0.2, 0.25) is 0 Å². The molecule has 1 atom stereocenters. The summed E-state index contributed by atoms with van der Waals surface area (Å²) in [6.45, 7) is 4.25. The van der Waals surface area contributed by atoms with E-state index in [1.54, 1.807) is 97.1 Å². The predicted molar refractivity (Wildman–Crippen MR) is 185 cm³/mol. The molecule has 2 amide bonds. The summed E-state index contributed by atoms with van der Waals surface area (Å²) in [5.74, 6) is 0.0576. The Balaban J connectivity index is 1.27. The number of nitrogens with one attached hydrogen (secondary N) is 2. The van der Waals surface area contributed by atoms with Gasteiger partial charge in [0, 0.05) is 11.3 Å². The van der Waals surface area contributed by atoms with E-state index in [0.29, 0.717) is 46.2 Å².